The van der Waals surface area contributed by atoms with Gasteiger partial charge in [0.15, 0.2) is 6.61 Å². The van der Waals surface area contributed by atoms with E-state index in [0.29, 0.717) is 5.56 Å². The Morgan fingerprint density at radius 1 is 1.12 bits per heavy atom. The molecular weight excluding hydrogens is 316 g/mol. The van der Waals surface area contributed by atoms with Crippen LogP contribution in [0.3, 0.4) is 0 Å². The van der Waals surface area contributed by atoms with Crippen molar-refractivity contribution >= 4 is 11.9 Å². The predicted octanol–water partition coefficient (Wildman–Crippen LogP) is 3.72. The molecule has 1 N–H and O–H groups in total. The molecule has 0 spiro atoms. The highest BCUT2D eigenvalue weighted by Gasteiger charge is 2.19. The number of esters is 1. The largest absolute Gasteiger partial charge is 0.452 e. The molecule has 0 aliphatic rings. The van der Waals surface area contributed by atoms with Crippen molar-refractivity contribution < 1.29 is 14.3 Å². The second kappa shape index (κ2) is 8.01. The monoisotopic (exact) mass is 342 g/mol. The number of benzene rings is 1. The van der Waals surface area contributed by atoms with E-state index in [1.54, 1.807) is 0 Å². The zero-order valence-corrected chi connectivity index (χ0v) is 15.5. The predicted molar refractivity (Wildman–Crippen MR) is 97.6 cm³/mol. The first-order valence-corrected chi connectivity index (χ1v) is 8.51. The summed E-state index contributed by atoms with van der Waals surface area (Å²) in [6, 6.07) is 11.6. The van der Waals surface area contributed by atoms with Crippen molar-refractivity contribution in [2.75, 3.05) is 6.61 Å². The highest BCUT2D eigenvalue weighted by molar-refractivity contribution is 5.92. The lowest BCUT2D eigenvalue weighted by molar-refractivity contribution is -0.124. The number of carbonyl (C=O) groups is 2. The van der Waals surface area contributed by atoms with Crippen LogP contribution in [0.15, 0.2) is 36.4 Å². The van der Waals surface area contributed by atoms with Crippen molar-refractivity contribution in [1.82, 2.24) is 9.88 Å². The Balaban J connectivity index is 1.94. The number of rotatable bonds is 6. The fraction of sp³-hybridized carbons (Fsp3) is 0.400. The van der Waals surface area contributed by atoms with E-state index in [9.17, 15) is 9.59 Å². The topological polar surface area (TPSA) is 60.3 Å². The quantitative estimate of drug-likeness (QED) is 0.814. The van der Waals surface area contributed by atoms with E-state index in [4.69, 9.17) is 4.74 Å². The SMILES string of the molecule is Cc1cc(C(=O)OCC(=O)N[C@H](C)c2ccccc2)c(C)n1C(C)C. The molecule has 0 fully saturated rings. The molecule has 1 aromatic carbocycles. The molecule has 0 unspecified atom stereocenters. The van der Waals surface area contributed by atoms with Crippen LogP contribution in [0.25, 0.3) is 0 Å². The summed E-state index contributed by atoms with van der Waals surface area (Å²) >= 11 is 0. The van der Waals surface area contributed by atoms with Gasteiger partial charge in [0.05, 0.1) is 11.6 Å². The van der Waals surface area contributed by atoms with Crippen molar-refractivity contribution in [2.45, 2.75) is 46.7 Å². The van der Waals surface area contributed by atoms with E-state index >= 15 is 0 Å². The Labute approximate surface area is 149 Å². The summed E-state index contributed by atoms with van der Waals surface area (Å²) in [5, 5.41) is 2.83. The van der Waals surface area contributed by atoms with Gasteiger partial charge in [-0.05, 0) is 46.2 Å². The van der Waals surface area contributed by atoms with Gasteiger partial charge in [0.25, 0.3) is 5.91 Å². The van der Waals surface area contributed by atoms with E-state index in [0.717, 1.165) is 17.0 Å². The maximum absolute atomic E-state index is 12.3. The van der Waals surface area contributed by atoms with Gasteiger partial charge in [-0.1, -0.05) is 30.3 Å². The maximum Gasteiger partial charge on any atom is 0.340 e. The van der Waals surface area contributed by atoms with Crippen LogP contribution in [0.1, 0.15) is 60.2 Å². The first-order chi connectivity index (χ1) is 11.8. The van der Waals surface area contributed by atoms with E-state index in [1.165, 1.54) is 0 Å². The number of nitrogens with zero attached hydrogens (tertiary/aromatic N) is 1. The number of aryl methyl sites for hydroxylation is 1. The van der Waals surface area contributed by atoms with Gasteiger partial charge in [0, 0.05) is 17.4 Å². The fourth-order valence-electron chi connectivity index (χ4n) is 3.10. The smallest absolute Gasteiger partial charge is 0.340 e. The summed E-state index contributed by atoms with van der Waals surface area (Å²) in [6.45, 7) is 9.58. The summed E-state index contributed by atoms with van der Waals surface area (Å²) in [4.78, 5) is 24.3. The van der Waals surface area contributed by atoms with Crippen molar-refractivity contribution in [3.05, 3.63) is 58.9 Å². The van der Waals surface area contributed by atoms with Gasteiger partial charge < -0.3 is 14.6 Å². The lowest BCUT2D eigenvalue weighted by Crippen LogP contribution is -2.31. The summed E-state index contributed by atoms with van der Waals surface area (Å²) < 4.78 is 7.27. The third-order valence-corrected chi connectivity index (χ3v) is 4.23. The van der Waals surface area contributed by atoms with Crippen LogP contribution in [-0.4, -0.2) is 23.1 Å². The Kier molecular flexibility index (Phi) is 6.02. The molecule has 2 rings (SSSR count). The summed E-state index contributed by atoms with van der Waals surface area (Å²) in [7, 11) is 0. The second-order valence-electron chi connectivity index (χ2n) is 6.52. The molecule has 0 aliphatic carbocycles. The zero-order valence-electron chi connectivity index (χ0n) is 15.5. The number of hydrogen-bond acceptors (Lipinski definition) is 3. The Morgan fingerprint density at radius 2 is 1.76 bits per heavy atom. The Hall–Kier alpha value is -2.56. The molecule has 25 heavy (non-hydrogen) atoms. The third-order valence-electron chi connectivity index (χ3n) is 4.23. The maximum atomic E-state index is 12.3. The van der Waals surface area contributed by atoms with Crippen molar-refractivity contribution in [3.63, 3.8) is 0 Å². The molecule has 1 atom stereocenters. The highest BCUT2D eigenvalue weighted by Crippen LogP contribution is 2.20. The molecule has 0 bridgehead atoms. The Bertz CT molecular complexity index is 748. The van der Waals surface area contributed by atoms with Crippen molar-refractivity contribution in [1.29, 1.82) is 0 Å². The average Bonchev–Trinajstić information content (AvgIpc) is 2.88. The van der Waals surface area contributed by atoms with Crippen molar-refractivity contribution in [3.8, 4) is 0 Å². The molecule has 1 aromatic heterocycles. The number of hydrogen-bond donors (Lipinski definition) is 1. The van der Waals surface area contributed by atoms with Crippen LogP contribution < -0.4 is 5.32 Å². The molecule has 1 amide bonds. The van der Waals surface area contributed by atoms with E-state index < -0.39 is 5.97 Å². The van der Waals surface area contributed by atoms with Gasteiger partial charge in [-0.3, -0.25) is 4.79 Å². The summed E-state index contributed by atoms with van der Waals surface area (Å²) in [5.41, 5.74) is 3.37. The molecule has 0 saturated carbocycles. The summed E-state index contributed by atoms with van der Waals surface area (Å²) in [6.07, 6.45) is 0. The van der Waals surface area contributed by atoms with Crippen molar-refractivity contribution in [2.24, 2.45) is 0 Å². The van der Waals surface area contributed by atoms with Gasteiger partial charge in [-0.15, -0.1) is 0 Å². The lowest BCUT2D eigenvalue weighted by atomic mass is 10.1. The minimum Gasteiger partial charge on any atom is -0.452 e. The molecule has 134 valence electrons. The van der Waals surface area contributed by atoms with Crippen LogP contribution >= 0.6 is 0 Å². The third kappa shape index (κ3) is 4.50. The van der Waals surface area contributed by atoms with Gasteiger partial charge >= 0.3 is 5.97 Å². The molecule has 0 aliphatic heterocycles. The van der Waals surface area contributed by atoms with Crippen LogP contribution in [0, 0.1) is 13.8 Å². The number of nitrogens with one attached hydrogen (secondary N) is 1. The molecule has 5 nitrogen and oxygen atoms in total. The fourth-order valence-corrected chi connectivity index (χ4v) is 3.10. The average molecular weight is 342 g/mol. The van der Waals surface area contributed by atoms with Gasteiger partial charge in [-0.25, -0.2) is 4.79 Å². The van der Waals surface area contributed by atoms with Gasteiger partial charge in [-0.2, -0.15) is 0 Å². The van der Waals surface area contributed by atoms with Gasteiger partial charge in [0.2, 0.25) is 0 Å². The highest BCUT2D eigenvalue weighted by atomic mass is 16.5. The van der Waals surface area contributed by atoms with Gasteiger partial charge in [0.1, 0.15) is 0 Å². The number of amides is 1. The number of carbonyl (C=O) groups excluding carboxylic acids is 2. The first-order valence-electron chi connectivity index (χ1n) is 8.51. The summed E-state index contributed by atoms with van der Waals surface area (Å²) in [5.74, 6) is -0.787. The minimum absolute atomic E-state index is 0.140. The number of ether oxygens (including phenoxy) is 1. The second-order valence-corrected chi connectivity index (χ2v) is 6.52. The molecular formula is C20H26N2O3. The Morgan fingerprint density at radius 3 is 2.32 bits per heavy atom. The van der Waals surface area contributed by atoms with E-state index in [-0.39, 0.29) is 24.6 Å². The standard InChI is InChI=1S/C20H26N2O3/c1-13(2)22-14(3)11-18(16(22)5)20(24)25-12-19(23)21-15(4)17-9-7-6-8-10-17/h6-11,13,15H,12H2,1-5H3,(H,21,23)/t15-/m1/s1. The molecule has 5 heteroatoms. The van der Waals surface area contributed by atoms with E-state index in [1.807, 2.05) is 57.2 Å². The van der Waals surface area contributed by atoms with Crippen LogP contribution in [-0.2, 0) is 9.53 Å². The number of aromatic nitrogens is 1. The van der Waals surface area contributed by atoms with Crippen LogP contribution in [0.4, 0.5) is 0 Å². The van der Waals surface area contributed by atoms with E-state index in [2.05, 4.69) is 23.7 Å². The van der Waals surface area contributed by atoms with Crippen LogP contribution in [0.5, 0.6) is 0 Å². The minimum atomic E-state index is -0.470. The van der Waals surface area contributed by atoms with Crippen LogP contribution in [0.2, 0.25) is 0 Å². The molecule has 0 saturated heterocycles. The molecule has 2 aromatic rings. The zero-order chi connectivity index (χ0) is 18.6. The normalized spacial score (nSPS) is 12.1. The first kappa shape index (κ1) is 18.8. The molecule has 0 radical (unpaired) electrons. The molecule has 1 heterocycles. The lowest BCUT2D eigenvalue weighted by Gasteiger charge is -2.15.